The molecule has 17 heavy (non-hydrogen) atoms. The summed E-state index contributed by atoms with van der Waals surface area (Å²) in [4.78, 5) is 15.6. The Kier molecular flexibility index (Phi) is 3.41. The lowest BCUT2D eigenvalue weighted by Gasteiger charge is -2.02. The highest BCUT2D eigenvalue weighted by Gasteiger charge is 2.12. The summed E-state index contributed by atoms with van der Waals surface area (Å²) in [5.74, 6) is -0.820. The van der Waals surface area contributed by atoms with Gasteiger partial charge in [0.05, 0.1) is 16.2 Å². The summed E-state index contributed by atoms with van der Waals surface area (Å²) in [6, 6.07) is 7.03. The molecule has 0 atom stereocenters. The summed E-state index contributed by atoms with van der Waals surface area (Å²) in [6.45, 7) is 0. The normalized spacial score (nSPS) is 10.3. The Morgan fingerprint density at radius 3 is 2.47 bits per heavy atom. The third-order valence-corrected chi connectivity index (χ3v) is 2.88. The summed E-state index contributed by atoms with van der Waals surface area (Å²) in [5.41, 5.74) is 0.517. The number of aromatic nitrogens is 1. The first-order chi connectivity index (χ1) is 8.08. The first-order valence-corrected chi connectivity index (χ1v) is 5.45. The molecule has 0 aliphatic rings. The van der Waals surface area contributed by atoms with Crippen molar-refractivity contribution in [3.8, 4) is 0 Å². The van der Waals surface area contributed by atoms with Gasteiger partial charge in [-0.2, -0.15) is 0 Å². The van der Waals surface area contributed by atoms with Crippen LogP contribution in [0.15, 0.2) is 36.5 Å². The molecular weight excluding hydrogens is 264 g/mol. The third kappa shape index (κ3) is 2.62. The van der Waals surface area contributed by atoms with Crippen LogP contribution >= 0.6 is 23.2 Å². The molecule has 1 heterocycles. The van der Waals surface area contributed by atoms with E-state index in [0.717, 1.165) is 6.20 Å². The van der Waals surface area contributed by atoms with E-state index >= 15 is 0 Å². The van der Waals surface area contributed by atoms with E-state index in [9.17, 15) is 9.18 Å². The fraction of sp³-hybridized carbons (Fsp3) is 0. The monoisotopic (exact) mass is 269 g/mol. The van der Waals surface area contributed by atoms with Gasteiger partial charge in [0.1, 0.15) is 11.5 Å². The van der Waals surface area contributed by atoms with E-state index in [0.29, 0.717) is 15.6 Å². The number of ketones is 1. The van der Waals surface area contributed by atoms with Crippen molar-refractivity contribution in [1.82, 2.24) is 4.98 Å². The smallest absolute Gasteiger partial charge is 0.211 e. The van der Waals surface area contributed by atoms with Crippen LogP contribution in [0.5, 0.6) is 0 Å². The first kappa shape index (κ1) is 12.0. The summed E-state index contributed by atoms with van der Waals surface area (Å²) < 4.78 is 12.7. The molecule has 86 valence electrons. The molecule has 2 nitrogen and oxygen atoms in total. The Balaban J connectivity index is 2.37. The fourth-order valence-electron chi connectivity index (χ4n) is 1.30. The van der Waals surface area contributed by atoms with E-state index in [1.807, 2.05) is 0 Å². The predicted octanol–water partition coefficient (Wildman–Crippen LogP) is 3.76. The molecule has 2 rings (SSSR count). The van der Waals surface area contributed by atoms with E-state index < -0.39 is 5.82 Å². The number of carbonyl (C=O) groups is 1. The van der Waals surface area contributed by atoms with E-state index in [1.165, 1.54) is 24.3 Å². The van der Waals surface area contributed by atoms with Crippen LogP contribution in [0.1, 0.15) is 16.1 Å². The zero-order chi connectivity index (χ0) is 12.4. The first-order valence-electron chi connectivity index (χ1n) is 4.69. The summed E-state index contributed by atoms with van der Waals surface area (Å²) in [5, 5.41) is 0.662. The molecule has 0 saturated carbocycles. The number of hydrogen-bond donors (Lipinski definition) is 0. The maximum atomic E-state index is 12.7. The van der Waals surface area contributed by atoms with E-state index in [-0.39, 0.29) is 11.5 Å². The van der Waals surface area contributed by atoms with Gasteiger partial charge in [-0.1, -0.05) is 23.2 Å². The average Bonchev–Trinajstić information content (AvgIpc) is 2.33. The van der Waals surface area contributed by atoms with E-state index in [1.54, 1.807) is 6.07 Å². The van der Waals surface area contributed by atoms with Crippen molar-refractivity contribution < 1.29 is 9.18 Å². The Morgan fingerprint density at radius 1 is 1.12 bits per heavy atom. The Labute approximate surface area is 107 Å². The number of pyridine rings is 1. The SMILES string of the molecule is O=C(c1ccc(Cl)c(Cl)c1)c1ccc(F)cn1. The molecule has 0 unspecified atom stereocenters. The van der Waals surface area contributed by atoms with Crippen molar-refractivity contribution in [3.63, 3.8) is 0 Å². The second kappa shape index (κ2) is 4.82. The zero-order valence-corrected chi connectivity index (χ0v) is 9.97. The molecular formula is C12H6Cl2FNO. The quantitative estimate of drug-likeness (QED) is 0.778. The minimum Gasteiger partial charge on any atom is -0.287 e. The number of nitrogens with zero attached hydrogens (tertiary/aromatic N) is 1. The molecule has 1 aromatic carbocycles. The second-order valence-electron chi connectivity index (χ2n) is 3.32. The molecule has 0 bridgehead atoms. The molecule has 0 aliphatic heterocycles. The van der Waals surface area contributed by atoms with Gasteiger partial charge in [-0.25, -0.2) is 9.37 Å². The minimum absolute atomic E-state index is 0.157. The van der Waals surface area contributed by atoms with E-state index in [4.69, 9.17) is 23.2 Å². The van der Waals surface area contributed by atoms with Gasteiger partial charge in [0.2, 0.25) is 5.78 Å². The van der Waals surface area contributed by atoms with Crippen LogP contribution in [-0.4, -0.2) is 10.8 Å². The number of carbonyl (C=O) groups excluding carboxylic acids is 1. The molecule has 0 saturated heterocycles. The second-order valence-corrected chi connectivity index (χ2v) is 4.13. The topological polar surface area (TPSA) is 30.0 Å². The van der Waals surface area contributed by atoms with Gasteiger partial charge >= 0.3 is 0 Å². The standard InChI is InChI=1S/C12H6Cl2FNO/c13-9-3-1-7(5-10(9)14)12(17)11-4-2-8(15)6-16-11/h1-6H. The van der Waals surface area contributed by atoms with Crippen LogP contribution < -0.4 is 0 Å². The molecule has 0 N–H and O–H groups in total. The van der Waals surface area contributed by atoms with Crippen molar-refractivity contribution in [1.29, 1.82) is 0 Å². The van der Waals surface area contributed by atoms with Gasteiger partial charge in [-0.15, -0.1) is 0 Å². The van der Waals surface area contributed by atoms with Gasteiger partial charge < -0.3 is 0 Å². The molecule has 0 aliphatic carbocycles. The number of rotatable bonds is 2. The lowest BCUT2D eigenvalue weighted by molar-refractivity contribution is 0.103. The van der Waals surface area contributed by atoms with Crippen LogP contribution in [0, 0.1) is 5.82 Å². The highest BCUT2D eigenvalue weighted by molar-refractivity contribution is 6.42. The van der Waals surface area contributed by atoms with E-state index in [2.05, 4.69) is 4.98 Å². The number of hydrogen-bond acceptors (Lipinski definition) is 2. The Morgan fingerprint density at radius 2 is 1.88 bits per heavy atom. The third-order valence-electron chi connectivity index (χ3n) is 2.14. The van der Waals surface area contributed by atoms with Crippen LogP contribution in [0.3, 0.4) is 0 Å². The highest BCUT2D eigenvalue weighted by atomic mass is 35.5. The predicted molar refractivity (Wildman–Crippen MR) is 64.1 cm³/mol. The number of halogens is 3. The van der Waals surface area contributed by atoms with Crippen LogP contribution in [-0.2, 0) is 0 Å². The Bertz CT molecular complexity index is 569. The Hall–Kier alpha value is -1.45. The number of benzene rings is 1. The summed E-state index contributed by atoms with van der Waals surface area (Å²) >= 11 is 11.5. The molecule has 0 fully saturated rings. The van der Waals surface area contributed by atoms with Crippen LogP contribution in [0.4, 0.5) is 4.39 Å². The zero-order valence-electron chi connectivity index (χ0n) is 8.45. The van der Waals surface area contributed by atoms with Crippen molar-refractivity contribution in [2.24, 2.45) is 0 Å². The largest absolute Gasteiger partial charge is 0.287 e. The van der Waals surface area contributed by atoms with Gasteiger partial charge in [-0.3, -0.25) is 4.79 Å². The lowest BCUT2D eigenvalue weighted by atomic mass is 10.1. The summed E-state index contributed by atoms with van der Waals surface area (Å²) in [7, 11) is 0. The maximum absolute atomic E-state index is 12.7. The van der Waals surface area contributed by atoms with Crippen molar-refractivity contribution in [2.75, 3.05) is 0 Å². The van der Waals surface area contributed by atoms with Gasteiger partial charge in [0.25, 0.3) is 0 Å². The van der Waals surface area contributed by atoms with Crippen molar-refractivity contribution in [3.05, 3.63) is 63.6 Å². The van der Waals surface area contributed by atoms with Crippen LogP contribution in [0.2, 0.25) is 10.0 Å². The molecule has 0 spiro atoms. The molecule has 1 aromatic heterocycles. The molecule has 0 radical (unpaired) electrons. The maximum Gasteiger partial charge on any atom is 0.211 e. The average molecular weight is 270 g/mol. The highest BCUT2D eigenvalue weighted by Crippen LogP contribution is 2.23. The minimum atomic E-state index is -0.490. The van der Waals surface area contributed by atoms with Gasteiger partial charge in [-0.05, 0) is 30.3 Å². The van der Waals surface area contributed by atoms with Crippen molar-refractivity contribution >= 4 is 29.0 Å². The molecule has 2 aromatic rings. The van der Waals surface area contributed by atoms with Crippen molar-refractivity contribution in [2.45, 2.75) is 0 Å². The van der Waals surface area contributed by atoms with Gasteiger partial charge in [0, 0.05) is 5.56 Å². The lowest BCUT2D eigenvalue weighted by Crippen LogP contribution is -2.04. The van der Waals surface area contributed by atoms with Crippen LogP contribution in [0.25, 0.3) is 0 Å². The fourth-order valence-corrected chi connectivity index (χ4v) is 1.59. The summed E-state index contributed by atoms with van der Waals surface area (Å²) in [6.07, 6.45) is 0.991. The molecule has 0 amide bonds. The van der Waals surface area contributed by atoms with Gasteiger partial charge in [0.15, 0.2) is 0 Å². The molecule has 5 heteroatoms.